The summed E-state index contributed by atoms with van der Waals surface area (Å²) in [7, 11) is 3.13. The number of carbonyl (C=O) groups is 1. The van der Waals surface area contributed by atoms with E-state index >= 15 is 0 Å². The third-order valence-corrected chi connectivity index (χ3v) is 5.72. The zero-order chi connectivity index (χ0) is 21.8. The molecule has 0 aliphatic rings. The first kappa shape index (κ1) is 21.0. The standard InChI is InChI=1S/C22H22N4O4S/c1-29-12-11-23-18(27)13-31-22-25-19-14-7-3-4-8-15(14)24-20(19)21(28)26(22)16-9-5-6-10-17(16)30-2/h3-10,24H,11-13H2,1-2H3,(H,23,27). The summed E-state index contributed by atoms with van der Waals surface area (Å²) in [6.45, 7) is 0.853. The van der Waals surface area contributed by atoms with Crippen molar-refractivity contribution in [2.24, 2.45) is 0 Å². The number of benzene rings is 2. The summed E-state index contributed by atoms with van der Waals surface area (Å²) < 4.78 is 11.9. The predicted molar refractivity (Wildman–Crippen MR) is 121 cm³/mol. The molecule has 0 aliphatic heterocycles. The first-order valence-corrected chi connectivity index (χ1v) is 10.7. The van der Waals surface area contributed by atoms with Crippen LogP contribution in [0.5, 0.6) is 5.75 Å². The average molecular weight is 439 g/mol. The van der Waals surface area contributed by atoms with Crippen LogP contribution in [0.3, 0.4) is 0 Å². The highest BCUT2D eigenvalue weighted by molar-refractivity contribution is 7.99. The zero-order valence-electron chi connectivity index (χ0n) is 17.2. The van der Waals surface area contributed by atoms with E-state index in [1.165, 1.54) is 16.3 Å². The van der Waals surface area contributed by atoms with E-state index in [1.807, 2.05) is 36.4 Å². The second-order valence-corrected chi connectivity index (χ2v) is 7.67. The molecule has 0 unspecified atom stereocenters. The quantitative estimate of drug-likeness (QED) is 0.249. The highest BCUT2D eigenvalue weighted by Gasteiger charge is 2.19. The number of amides is 1. The van der Waals surface area contributed by atoms with E-state index in [4.69, 9.17) is 14.5 Å². The fourth-order valence-corrected chi connectivity index (χ4v) is 4.17. The van der Waals surface area contributed by atoms with Gasteiger partial charge in [0.15, 0.2) is 5.16 Å². The van der Waals surface area contributed by atoms with Gasteiger partial charge in [-0.3, -0.25) is 9.59 Å². The van der Waals surface area contributed by atoms with E-state index in [0.29, 0.717) is 40.8 Å². The number of aromatic nitrogens is 3. The van der Waals surface area contributed by atoms with Crippen molar-refractivity contribution >= 4 is 39.6 Å². The molecule has 0 atom stereocenters. The Morgan fingerprint density at radius 1 is 1.16 bits per heavy atom. The lowest BCUT2D eigenvalue weighted by atomic mass is 10.2. The van der Waals surface area contributed by atoms with Crippen LogP contribution in [0.25, 0.3) is 27.6 Å². The van der Waals surface area contributed by atoms with Gasteiger partial charge in [-0.2, -0.15) is 0 Å². The fourth-order valence-electron chi connectivity index (χ4n) is 3.34. The molecular weight excluding hydrogens is 416 g/mol. The minimum absolute atomic E-state index is 0.110. The van der Waals surface area contributed by atoms with Crippen LogP contribution in [-0.2, 0) is 9.53 Å². The summed E-state index contributed by atoms with van der Waals surface area (Å²) in [5.74, 6) is 0.481. The number of rotatable bonds is 8. The molecule has 8 nitrogen and oxygen atoms in total. The summed E-state index contributed by atoms with van der Waals surface area (Å²) in [4.78, 5) is 33.7. The van der Waals surface area contributed by atoms with Gasteiger partial charge in [-0.15, -0.1) is 0 Å². The Kier molecular flexibility index (Phi) is 6.24. The van der Waals surface area contributed by atoms with Gasteiger partial charge in [0, 0.05) is 24.6 Å². The van der Waals surface area contributed by atoms with Gasteiger partial charge in [0.05, 0.1) is 25.2 Å². The molecule has 4 aromatic rings. The molecule has 2 heterocycles. The molecule has 31 heavy (non-hydrogen) atoms. The lowest BCUT2D eigenvalue weighted by molar-refractivity contribution is -0.118. The number of aromatic amines is 1. The van der Waals surface area contributed by atoms with Crippen molar-refractivity contribution in [3.8, 4) is 11.4 Å². The summed E-state index contributed by atoms with van der Waals surface area (Å²) in [5, 5.41) is 4.05. The Labute approximate surface area is 182 Å². The van der Waals surface area contributed by atoms with Crippen LogP contribution in [0, 0.1) is 0 Å². The monoisotopic (exact) mass is 438 g/mol. The SMILES string of the molecule is COCCNC(=O)CSc1nc2c([nH]c3ccccc32)c(=O)n1-c1ccccc1OC. The van der Waals surface area contributed by atoms with Crippen LogP contribution in [0.2, 0.25) is 0 Å². The number of hydrogen-bond donors (Lipinski definition) is 2. The normalized spacial score (nSPS) is 11.2. The fraction of sp³-hybridized carbons (Fsp3) is 0.227. The molecule has 2 N–H and O–H groups in total. The molecule has 1 amide bonds. The van der Waals surface area contributed by atoms with Crippen molar-refractivity contribution in [2.45, 2.75) is 5.16 Å². The average Bonchev–Trinajstić information content (AvgIpc) is 3.17. The van der Waals surface area contributed by atoms with E-state index in [9.17, 15) is 9.59 Å². The summed E-state index contributed by atoms with van der Waals surface area (Å²) >= 11 is 1.20. The highest BCUT2D eigenvalue weighted by atomic mass is 32.2. The van der Waals surface area contributed by atoms with E-state index in [0.717, 1.165) is 10.9 Å². The minimum atomic E-state index is -0.256. The second-order valence-electron chi connectivity index (χ2n) is 6.73. The van der Waals surface area contributed by atoms with Gasteiger partial charge in [0.2, 0.25) is 5.91 Å². The van der Waals surface area contributed by atoms with Crippen molar-refractivity contribution in [3.63, 3.8) is 0 Å². The number of carbonyl (C=O) groups excluding carboxylic acids is 1. The Balaban J connectivity index is 1.84. The van der Waals surface area contributed by atoms with Gasteiger partial charge in [-0.25, -0.2) is 9.55 Å². The molecule has 0 radical (unpaired) electrons. The summed E-state index contributed by atoms with van der Waals surface area (Å²) in [6, 6.07) is 14.8. The smallest absolute Gasteiger partial charge is 0.283 e. The number of methoxy groups -OCH3 is 2. The number of nitrogens with zero attached hydrogens (tertiary/aromatic N) is 2. The van der Waals surface area contributed by atoms with Crippen molar-refractivity contribution in [2.75, 3.05) is 33.1 Å². The van der Waals surface area contributed by atoms with Gasteiger partial charge in [0.1, 0.15) is 16.8 Å². The van der Waals surface area contributed by atoms with Gasteiger partial charge in [-0.1, -0.05) is 42.1 Å². The minimum Gasteiger partial charge on any atom is -0.495 e. The first-order chi connectivity index (χ1) is 15.1. The number of fused-ring (bicyclic) bond motifs is 3. The zero-order valence-corrected chi connectivity index (χ0v) is 18.0. The molecule has 0 aliphatic carbocycles. The lowest BCUT2D eigenvalue weighted by Gasteiger charge is -2.15. The number of ether oxygens (including phenoxy) is 2. The molecule has 9 heteroatoms. The third kappa shape index (κ3) is 4.14. The largest absolute Gasteiger partial charge is 0.495 e. The third-order valence-electron chi connectivity index (χ3n) is 4.78. The molecular formula is C22H22N4O4S. The maximum absolute atomic E-state index is 13.5. The molecule has 4 rings (SSSR count). The van der Waals surface area contributed by atoms with Gasteiger partial charge < -0.3 is 19.8 Å². The van der Waals surface area contributed by atoms with Crippen molar-refractivity contribution in [1.82, 2.24) is 19.9 Å². The van der Waals surface area contributed by atoms with Crippen LogP contribution >= 0.6 is 11.8 Å². The van der Waals surface area contributed by atoms with E-state index < -0.39 is 0 Å². The van der Waals surface area contributed by atoms with Crippen LogP contribution in [0.1, 0.15) is 0 Å². The Morgan fingerprint density at radius 2 is 1.94 bits per heavy atom. The maximum atomic E-state index is 13.5. The van der Waals surface area contributed by atoms with Crippen molar-refractivity contribution in [1.29, 1.82) is 0 Å². The van der Waals surface area contributed by atoms with Crippen molar-refractivity contribution < 1.29 is 14.3 Å². The first-order valence-electron chi connectivity index (χ1n) is 9.69. The number of hydrogen-bond acceptors (Lipinski definition) is 6. The molecule has 160 valence electrons. The van der Waals surface area contributed by atoms with E-state index in [1.54, 1.807) is 26.4 Å². The van der Waals surface area contributed by atoms with Crippen LogP contribution in [0.15, 0.2) is 58.5 Å². The predicted octanol–water partition coefficient (Wildman–Crippen LogP) is 2.73. The Hall–Kier alpha value is -3.30. The number of thioether (sulfide) groups is 1. The highest BCUT2D eigenvalue weighted by Crippen LogP contribution is 2.29. The Bertz CT molecular complexity index is 1300. The summed E-state index contributed by atoms with van der Waals surface area (Å²) in [5.41, 5.74) is 2.11. The molecule has 2 aromatic heterocycles. The van der Waals surface area contributed by atoms with Crippen LogP contribution in [0.4, 0.5) is 0 Å². The van der Waals surface area contributed by atoms with Gasteiger partial charge in [0.25, 0.3) is 5.56 Å². The number of H-pyrrole nitrogens is 1. The number of para-hydroxylation sites is 3. The summed E-state index contributed by atoms with van der Waals surface area (Å²) in [6.07, 6.45) is 0. The Morgan fingerprint density at radius 3 is 2.74 bits per heavy atom. The van der Waals surface area contributed by atoms with Crippen molar-refractivity contribution in [3.05, 3.63) is 58.9 Å². The maximum Gasteiger partial charge on any atom is 0.283 e. The lowest BCUT2D eigenvalue weighted by Crippen LogP contribution is -2.29. The number of nitrogens with one attached hydrogen (secondary N) is 2. The van der Waals surface area contributed by atoms with Crippen LogP contribution < -0.4 is 15.6 Å². The van der Waals surface area contributed by atoms with Crippen LogP contribution in [-0.4, -0.2) is 53.6 Å². The van der Waals surface area contributed by atoms with Gasteiger partial charge in [-0.05, 0) is 18.2 Å². The van der Waals surface area contributed by atoms with E-state index in [-0.39, 0.29) is 17.2 Å². The molecule has 0 bridgehead atoms. The molecule has 0 saturated carbocycles. The van der Waals surface area contributed by atoms with E-state index in [2.05, 4.69) is 10.3 Å². The second kappa shape index (κ2) is 9.23. The molecule has 0 fully saturated rings. The molecule has 0 saturated heterocycles. The van der Waals surface area contributed by atoms with Gasteiger partial charge >= 0.3 is 0 Å². The topological polar surface area (TPSA) is 98.2 Å². The molecule has 2 aromatic carbocycles. The molecule has 0 spiro atoms.